The highest BCUT2D eigenvalue weighted by Gasteiger charge is 2.60. The highest BCUT2D eigenvalue weighted by molar-refractivity contribution is 8.03. The molecule has 3 N–H and O–H groups in total. The minimum absolute atomic E-state index is 0.00167. The van der Waals surface area contributed by atoms with Crippen LogP contribution in [0.3, 0.4) is 0 Å². The summed E-state index contributed by atoms with van der Waals surface area (Å²) >= 11 is 1.42. The molecule has 2 saturated heterocycles. The average Bonchev–Trinajstić information content (AvgIpc) is 3.34. The first kappa shape index (κ1) is 26.6. The predicted molar refractivity (Wildman–Crippen MR) is 134 cm³/mol. The first-order valence-corrected chi connectivity index (χ1v) is 13.1. The Morgan fingerprint density at radius 3 is 2.47 bits per heavy atom. The zero-order valence-corrected chi connectivity index (χ0v) is 22.0. The number of aliphatic hydroxyl groups excluding tert-OH is 1. The van der Waals surface area contributed by atoms with Gasteiger partial charge in [0.1, 0.15) is 11.5 Å². The quantitative estimate of drug-likeness (QED) is 0.475. The second-order valence-electron chi connectivity index (χ2n) is 10.9. The number of aliphatic carboxylic acids is 1. The second-order valence-corrected chi connectivity index (χ2v) is 12.3. The molecule has 0 saturated carbocycles. The van der Waals surface area contributed by atoms with Crippen molar-refractivity contribution in [1.29, 1.82) is 0 Å². The molecule has 0 unspecified atom stereocenters. The van der Waals surface area contributed by atoms with Gasteiger partial charge >= 0.3 is 5.97 Å². The van der Waals surface area contributed by atoms with Gasteiger partial charge in [0, 0.05) is 34.7 Å². The fourth-order valence-electron chi connectivity index (χ4n) is 5.45. The maximum absolute atomic E-state index is 13.6. The van der Waals surface area contributed by atoms with Crippen molar-refractivity contribution in [2.24, 2.45) is 11.8 Å². The smallest absolute Gasteiger partial charge is 0.353 e. The third kappa shape index (κ3) is 4.78. The van der Waals surface area contributed by atoms with Gasteiger partial charge in [-0.3, -0.25) is 9.59 Å². The topological polar surface area (TPSA) is 110 Å². The molecule has 0 aliphatic carbocycles. The number of amides is 2. The third-order valence-electron chi connectivity index (χ3n) is 7.32. The molecule has 1 aromatic rings. The van der Waals surface area contributed by atoms with Gasteiger partial charge in [0.25, 0.3) is 0 Å². The van der Waals surface area contributed by atoms with Crippen LogP contribution in [0, 0.1) is 17.7 Å². The Kier molecular flexibility index (Phi) is 7.24. The van der Waals surface area contributed by atoms with Gasteiger partial charge in [-0.15, -0.1) is 11.8 Å². The summed E-state index contributed by atoms with van der Waals surface area (Å²) in [6.07, 6.45) is -0.332. The number of nitrogens with zero attached hydrogens (tertiary/aromatic N) is 2. The molecule has 0 bridgehead atoms. The number of thioether (sulfide) groups is 1. The molecule has 8 nitrogen and oxygen atoms in total. The van der Waals surface area contributed by atoms with Gasteiger partial charge in [-0.05, 0) is 51.8 Å². The predicted octanol–water partition coefficient (Wildman–Crippen LogP) is 2.57. The molecule has 2 fully saturated rings. The van der Waals surface area contributed by atoms with Crippen LogP contribution in [0.25, 0.3) is 0 Å². The van der Waals surface area contributed by atoms with Gasteiger partial charge in [-0.25, -0.2) is 9.18 Å². The van der Waals surface area contributed by atoms with Crippen molar-refractivity contribution >= 4 is 29.5 Å². The first-order valence-electron chi connectivity index (χ1n) is 12.3. The fraction of sp³-hybridized carbons (Fsp3) is 0.577. The highest BCUT2D eigenvalue weighted by Crippen LogP contribution is 2.51. The van der Waals surface area contributed by atoms with Crippen molar-refractivity contribution < 1.29 is 29.0 Å². The number of hydrogen-bond donors (Lipinski definition) is 3. The van der Waals surface area contributed by atoms with Crippen molar-refractivity contribution in [1.82, 2.24) is 15.1 Å². The van der Waals surface area contributed by atoms with Crippen LogP contribution in [0.15, 0.2) is 34.9 Å². The zero-order valence-electron chi connectivity index (χ0n) is 21.2. The van der Waals surface area contributed by atoms with Gasteiger partial charge in [0.2, 0.25) is 11.8 Å². The number of benzene rings is 1. The van der Waals surface area contributed by atoms with Crippen LogP contribution in [0.4, 0.5) is 4.39 Å². The van der Waals surface area contributed by atoms with Gasteiger partial charge in [0.15, 0.2) is 0 Å². The van der Waals surface area contributed by atoms with Crippen LogP contribution in [0.5, 0.6) is 0 Å². The van der Waals surface area contributed by atoms with Crippen molar-refractivity contribution in [2.75, 3.05) is 6.54 Å². The molecule has 3 heterocycles. The maximum atomic E-state index is 13.6. The van der Waals surface area contributed by atoms with Crippen molar-refractivity contribution in [3.63, 3.8) is 0 Å². The van der Waals surface area contributed by atoms with E-state index >= 15 is 0 Å². The summed E-state index contributed by atoms with van der Waals surface area (Å²) in [6.45, 7) is 10.2. The van der Waals surface area contributed by atoms with E-state index < -0.39 is 29.6 Å². The van der Waals surface area contributed by atoms with Gasteiger partial charge in [-0.2, -0.15) is 0 Å². The summed E-state index contributed by atoms with van der Waals surface area (Å²) in [7, 11) is 0. The Bertz CT molecular complexity index is 1080. The van der Waals surface area contributed by atoms with E-state index in [1.807, 2.05) is 27.7 Å². The van der Waals surface area contributed by atoms with E-state index in [1.165, 1.54) is 28.8 Å². The molecule has 0 radical (unpaired) electrons. The van der Waals surface area contributed by atoms with Gasteiger partial charge in [-0.1, -0.05) is 19.1 Å². The number of carbonyl (C=O) groups excluding carboxylic acids is 2. The van der Waals surface area contributed by atoms with Gasteiger partial charge < -0.3 is 25.3 Å². The number of β-lactam (4-membered cyclic amide) rings is 1. The van der Waals surface area contributed by atoms with E-state index in [1.54, 1.807) is 24.0 Å². The minimum atomic E-state index is -1.15. The lowest BCUT2D eigenvalue weighted by molar-refractivity contribution is -0.163. The Labute approximate surface area is 214 Å². The largest absolute Gasteiger partial charge is 0.477 e. The van der Waals surface area contributed by atoms with Crippen LogP contribution in [0.2, 0.25) is 0 Å². The number of fused-ring (bicyclic) bond motifs is 1. The molecule has 4 rings (SSSR count). The molecule has 0 spiro atoms. The molecule has 1 aromatic carbocycles. The van der Waals surface area contributed by atoms with Crippen molar-refractivity contribution in [3.05, 3.63) is 46.2 Å². The Balaban J connectivity index is 1.48. The summed E-state index contributed by atoms with van der Waals surface area (Å²) in [5.74, 6) is -2.70. The molecule has 196 valence electrons. The molecule has 10 heteroatoms. The van der Waals surface area contributed by atoms with Crippen LogP contribution in [-0.4, -0.2) is 73.3 Å². The van der Waals surface area contributed by atoms with Crippen LogP contribution >= 0.6 is 11.8 Å². The molecule has 3 aliphatic heterocycles. The minimum Gasteiger partial charge on any atom is -0.477 e. The monoisotopic (exact) mass is 519 g/mol. The van der Waals surface area contributed by atoms with E-state index in [-0.39, 0.29) is 40.5 Å². The Morgan fingerprint density at radius 2 is 1.92 bits per heavy atom. The number of carboxylic acids is 1. The van der Waals surface area contributed by atoms with Crippen LogP contribution in [-0.2, 0) is 20.9 Å². The van der Waals surface area contributed by atoms with Crippen molar-refractivity contribution in [2.45, 2.75) is 76.6 Å². The number of nitrogens with one attached hydrogen (secondary N) is 1. The standard InChI is InChI=1S/C26H34FN3O5S/c1-13-20-19(14(2)31)24(33)30(20)21(25(34)35)22(13)36-17-10-18(28-11-17)23(32)29(26(3,4)5)12-15-6-8-16(27)9-7-15/h6-9,13-14,17-20,28,31H,10-12H2,1-5H3,(H,34,35)/t13-,14-,17+,18+,19-,20-/m1/s1. The van der Waals surface area contributed by atoms with E-state index in [0.29, 0.717) is 24.4 Å². The summed E-state index contributed by atoms with van der Waals surface area (Å²) in [5, 5.41) is 23.2. The number of carboxylic acid groups (broad SMARTS) is 1. The molecule has 0 aromatic heterocycles. The van der Waals surface area contributed by atoms with E-state index in [0.717, 1.165) is 5.56 Å². The Hall–Kier alpha value is -2.43. The van der Waals surface area contributed by atoms with E-state index in [9.17, 15) is 29.0 Å². The van der Waals surface area contributed by atoms with Crippen LogP contribution < -0.4 is 5.32 Å². The normalized spacial score (nSPS) is 28.7. The number of aliphatic hydroxyl groups is 1. The zero-order chi connectivity index (χ0) is 26.5. The number of halogens is 1. The molecule has 36 heavy (non-hydrogen) atoms. The number of rotatable bonds is 7. The average molecular weight is 520 g/mol. The summed E-state index contributed by atoms with van der Waals surface area (Å²) in [4.78, 5) is 41.9. The fourth-order valence-corrected chi connectivity index (χ4v) is 6.92. The lowest BCUT2D eigenvalue weighted by Crippen LogP contribution is -2.63. The maximum Gasteiger partial charge on any atom is 0.353 e. The van der Waals surface area contributed by atoms with E-state index in [2.05, 4.69) is 5.32 Å². The third-order valence-corrected chi connectivity index (χ3v) is 8.83. The lowest BCUT2D eigenvalue weighted by Gasteiger charge is -2.46. The SMILES string of the molecule is C[C@@H](O)[C@H]1C(=O)N2C(C(=O)O)=C(S[C@@H]3CN[C@H](C(=O)N(Cc4ccc(F)cc4)C(C)(C)C)C3)[C@H](C)[C@H]12. The van der Waals surface area contributed by atoms with Crippen molar-refractivity contribution in [3.8, 4) is 0 Å². The lowest BCUT2D eigenvalue weighted by atomic mass is 9.79. The second kappa shape index (κ2) is 9.79. The summed E-state index contributed by atoms with van der Waals surface area (Å²) in [6, 6.07) is 5.33. The Morgan fingerprint density at radius 1 is 1.28 bits per heavy atom. The number of carbonyl (C=O) groups is 3. The summed E-state index contributed by atoms with van der Waals surface area (Å²) in [5.41, 5.74) is 0.378. The molecular weight excluding hydrogens is 485 g/mol. The number of hydrogen-bond acceptors (Lipinski definition) is 6. The molecular formula is C26H34FN3O5S. The molecule has 6 atom stereocenters. The first-order chi connectivity index (χ1) is 16.8. The van der Waals surface area contributed by atoms with Crippen LogP contribution in [0.1, 0.15) is 46.6 Å². The highest BCUT2D eigenvalue weighted by atomic mass is 32.2. The van der Waals surface area contributed by atoms with Gasteiger partial charge in [0.05, 0.1) is 24.1 Å². The molecule has 2 amide bonds. The van der Waals surface area contributed by atoms with E-state index in [4.69, 9.17) is 0 Å². The summed E-state index contributed by atoms with van der Waals surface area (Å²) < 4.78 is 13.3. The molecule has 3 aliphatic rings.